The van der Waals surface area contributed by atoms with Crippen molar-refractivity contribution in [1.82, 2.24) is 5.32 Å². The highest BCUT2D eigenvalue weighted by molar-refractivity contribution is 5.82. The molecule has 1 aromatic rings. The van der Waals surface area contributed by atoms with Crippen LogP contribution >= 0.6 is 0 Å². The van der Waals surface area contributed by atoms with Crippen LogP contribution in [-0.2, 0) is 11.2 Å². The van der Waals surface area contributed by atoms with Crippen LogP contribution in [0.1, 0.15) is 18.9 Å². The van der Waals surface area contributed by atoms with Gasteiger partial charge in [-0.25, -0.2) is 0 Å². The van der Waals surface area contributed by atoms with Crippen LogP contribution in [0.2, 0.25) is 0 Å². The minimum Gasteiger partial charge on any atom is -0.341 e. The van der Waals surface area contributed by atoms with E-state index in [1.165, 1.54) is 0 Å². The lowest BCUT2D eigenvalue weighted by atomic mass is 10.1. The third-order valence-electron chi connectivity index (χ3n) is 2.56. The molecule has 1 amide bonds. The van der Waals surface area contributed by atoms with E-state index < -0.39 is 6.04 Å². The molecule has 2 unspecified atom stereocenters. The average molecular weight is 230 g/mol. The number of carbonyl (C=O) groups excluding carboxylic acids is 1. The largest absolute Gasteiger partial charge is 0.341 e. The van der Waals surface area contributed by atoms with E-state index in [9.17, 15) is 4.79 Å². The highest BCUT2D eigenvalue weighted by Gasteiger charge is 2.16. The average Bonchev–Trinajstić information content (AvgIpc) is 2.36. The van der Waals surface area contributed by atoms with Crippen LogP contribution in [-0.4, -0.2) is 18.0 Å². The van der Waals surface area contributed by atoms with Gasteiger partial charge >= 0.3 is 0 Å². The third-order valence-corrected chi connectivity index (χ3v) is 2.56. The summed E-state index contributed by atoms with van der Waals surface area (Å²) in [6, 6.07) is 8.90. The summed E-state index contributed by atoms with van der Waals surface area (Å²) in [4.78, 5) is 11.7. The molecule has 90 valence electrons. The van der Waals surface area contributed by atoms with Gasteiger partial charge in [0, 0.05) is 0 Å². The van der Waals surface area contributed by atoms with Crippen LogP contribution in [0.5, 0.6) is 0 Å². The van der Waals surface area contributed by atoms with E-state index in [1.54, 1.807) is 0 Å². The van der Waals surface area contributed by atoms with Gasteiger partial charge in [0.15, 0.2) is 0 Å². The molecule has 0 radical (unpaired) electrons. The van der Waals surface area contributed by atoms with Gasteiger partial charge in [-0.15, -0.1) is 6.42 Å². The van der Waals surface area contributed by atoms with Crippen LogP contribution in [0, 0.1) is 12.3 Å². The fraction of sp³-hybridized carbons (Fsp3) is 0.357. The van der Waals surface area contributed by atoms with Gasteiger partial charge in [0.2, 0.25) is 5.91 Å². The Morgan fingerprint density at radius 2 is 2.12 bits per heavy atom. The van der Waals surface area contributed by atoms with Crippen molar-refractivity contribution in [3.63, 3.8) is 0 Å². The maximum absolute atomic E-state index is 11.7. The normalized spacial score (nSPS) is 13.5. The number of nitrogens with two attached hydrogens (primary N) is 1. The van der Waals surface area contributed by atoms with Crippen LogP contribution in [0.15, 0.2) is 30.3 Å². The fourth-order valence-corrected chi connectivity index (χ4v) is 1.50. The number of carbonyl (C=O) groups is 1. The minimum absolute atomic E-state index is 0.196. The van der Waals surface area contributed by atoms with Crippen molar-refractivity contribution in [2.75, 3.05) is 0 Å². The Labute approximate surface area is 102 Å². The van der Waals surface area contributed by atoms with Crippen molar-refractivity contribution in [2.45, 2.75) is 31.8 Å². The summed E-state index contributed by atoms with van der Waals surface area (Å²) in [7, 11) is 0. The standard InChI is InChI=1S/C14H18N2O/c1-3-12(4-2)16-14(17)13(15)10-11-8-6-5-7-9-11/h1,5-9,12-13H,4,10,15H2,2H3,(H,16,17). The Morgan fingerprint density at radius 1 is 1.47 bits per heavy atom. The van der Waals surface area contributed by atoms with E-state index in [-0.39, 0.29) is 11.9 Å². The SMILES string of the molecule is C#CC(CC)NC(=O)C(N)Cc1ccccc1. The van der Waals surface area contributed by atoms with Crippen LogP contribution in [0.3, 0.4) is 0 Å². The maximum atomic E-state index is 11.7. The van der Waals surface area contributed by atoms with E-state index in [4.69, 9.17) is 12.2 Å². The Kier molecular flexibility index (Phi) is 5.25. The molecule has 0 aromatic heterocycles. The lowest BCUT2D eigenvalue weighted by molar-refractivity contribution is -0.122. The molecule has 0 heterocycles. The highest BCUT2D eigenvalue weighted by Crippen LogP contribution is 2.02. The first-order valence-corrected chi connectivity index (χ1v) is 5.73. The molecule has 0 saturated carbocycles. The van der Waals surface area contributed by atoms with Gasteiger partial charge in [0.25, 0.3) is 0 Å². The zero-order valence-electron chi connectivity index (χ0n) is 10.0. The van der Waals surface area contributed by atoms with Gasteiger partial charge in [-0.05, 0) is 18.4 Å². The molecular weight excluding hydrogens is 212 g/mol. The van der Waals surface area contributed by atoms with E-state index in [1.807, 2.05) is 37.3 Å². The summed E-state index contributed by atoms with van der Waals surface area (Å²) in [6.45, 7) is 1.92. The molecule has 0 aliphatic heterocycles. The third kappa shape index (κ3) is 4.29. The van der Waals surface area contributed by atoms with Crippen LogP contribution in [0.25, 0.3) is 0 Å². The molecule has 0 aliphatic carbocycles. The zero-order chi connectivity index (χ0) is 12.7. The van der Waals surface area contributed by atoms with E-state index in [2.05, 4.69) is 11.2 Å². The number of nitrogens with one attached hydrogen (secondary N) is 1. The molecule has 0 fully saturated rings. The molecule has 17 heavy (non-hydrogen) atoms. The molecule has 3 nitrogen and oxygen atoms in total. The number of hydrogen-bond donors (Lipinski definition) is 2. The molecule has 1 aromatic carbocycles. The molecule has 1 rings (SSSR count). The quantitative estimate of drug-likeness (QED) is 0.744. The van der Waals surface area contributed by atoms with Crippen LogP contribution < -0.4 is 11.1 Å². The Bertz CT molecular complexity index is 394. The first kappa shape index (κ1) is 13.3. The second-order valence-corrected chi connectivity index (χ2v) is 3.93. The number of rotatable bonds is 5. The number of hydrogen-bond acceptors (Lipinski definition) is 2. The van der Waals surface area contributed by atoms with E-state index in [0.29, 0.717) is 12.8 Å². The lowest BCUT2D eigenvalue weighted by Gasteiger charge is -2.15. The summed E-state index contributed by atoms with van der Waals surface area (Å²) in [5, 5.41) is 2.74. The predicted octanol–water partition coefficient (Wildman–Crippen LogP) is 1.08. The van der Waals surface area contributed by atoms with Gasteiger partial charge in [-0.2, -0.15) is 0 Å². The maximum Gasteiger partial charge on any atom is 0.238 e. The van der Waals surface area contributed by atoms with Crippen molar-refractivity contribution >= 4 is 5.91 Å². The number of terminal acetylenes is 1. The summed E-state index contributed by atoms with van der Waals surface area (Å²) in [6.07, 6.45) is 6.51. The van der Waals surface area contributed by atoms with Gasteiger partial charge < -0.3 is 11.1 Å². The topological polar surface area (TPSA) is 55.1 Å². The van der Waals surface area contributed by atoms with E-state index in [0.717, 1.165) is 5.56 Å². The fourth-order valence-electron chi connectivity index (χ4n) is 1.50. The van der Waals surface area contributed by atoms with Gasteiger partial charge in [-0.3, -0.25) is 4.79 Å². The molecule has 0 saturated heterocycles. The Morgan fingerprint density at radius 3 is 2.65 bits per heavy atom. The van der Waals surface area contributed by atoms with Crippen molar-refractivity contribution in [3.05, 3.63) is 35.9 Å². The predicted molar refractivity (Wildman–Crippen MR) is 69.2 cm³/mol. The first-order chi connectivity index (χ1) is 8.17. The number of benzene rings is 1. The highest BCUT2D eigenvalue weighted by atomic mass is 16.2. The summed E-state index contributed by atoms with van der Waals surface area (Å²) >= 11 is 0. The summed E-state index contributed by atoms with van der Waals surface area (Å²) < 4.78 is 0. The Hall–Kier alpha value is -1.79. The van der Waals surface area contributed by atoms with Crippen molar-refractivity contribution in [2.24, 2.45) is 5.73 Å². The van der Waals surface area contributed by atoms with E-state index >= 15 is 0 Å². The van der Waals surface area contributed by atoms with Gasteiger partial charge in [-0.1, -0.05) is 43.2 Å². The lowest BCUT2D eigenvalue weighted by Crippen LogP contribution is -2.45. The second-order valence-electron chi connectivity index (χ2n) is 3.93. The first-order valence-electron chi connectivity index (χ1n) is 5.73. The number of amides is 1. The monoisotopic (exact) mass is 230 g/mol. The molecule has 3 N–H and O–H groups in total. The molecule has 2 atom stereocenters. The molecular formula is C14H18N2O. The molecule has 0 aliphatic rings. The zero-order valence-corrected chi connectivity index (χ0v) is 10.0. The van der Waals surface area contributed by atoms with Crippen molar-refractivity contribution in [3.8, 4) is 12.3 Å². The van der Waals surface area contributed by atoms with Crippen LogP contribution in [0.4, 0.5) is 0 Å². The molecule has 0 spiro atoms. The smallest absolute Gasteiger partial charge is 0.238 e. The summed E-state index contributed by atoms with van der Waals surface area (Å²) in [5.41, 5.74) is 6.87. The molecule has 3 heteroatoms. The Balaban J connectivity index is 2.51. The summed E-state index contributed by atoms with van der Waals surface area (Å²) in [5.74, 6) is 2.32. The van der Waals surface area contributed by atoms with Gasteiger partial charge in [0.1, 0.15) is 0 Å². The minimum atomic E-state index is -0.556. The second kappa shape index (κ2) is 6.72. The van der Waals surface area contributed by atoms with Gasteiger partial charge in [0.05, 0.1) is 12.1 Å². The van der Waals surface area contributed by atoms with Crippen molar-refractivity contribution in [1.29, 1.82) is 0 Å². The van der Waals surface area contributed by atoms with Crippen molar-refractivity contribution < 1.29 is 4.79 Å². The molecule has 0 bridgehead atoms.